The summed E-state index contributed by atoms with van der Waals surface area (Å²) in [5, 5.41) is 12.6. The molecule has 0 bridgehead atoms. The first-order valence-electron chi connectivity index (χ1n) is 6.29. The smallest absolute Gasteiger partial charge is 0.141 e. The first-order chi connectivity index (χ1) is 8.85. The standard InChI is InChI=1S/C15H18N2O/c1-18-15-10-6-5-9-13(15)17-14(11-16)12-7-3-2-4-8-12/h2-3,5-6,9-10,12,14,17H,4,7-8H2,1H3. The second-order valence-corrected chi connectivity index (χ2v) is 4.50. The Labute approximate surface area is 108 Å². The van der Waals surface area contributed by atoms with E-state index < -0.39 is 0 Å². The molecule has 0 heterocycles. The number of para-hydroxylation sites is 2. The van der Waals surface area contributed by atoms with E-state index in [0.717, 1.165) is 30.7 Å². The third-order valence-corrected chi connectivity index (χ3v) is 3.34. The van der Waals surface area contributed by atoms with Crippen LogP contribution in [-0.2, 0) is 0 Å². The molecule has 3 heteroatoms. The predicted molar refractivity (Wildman–Crippen MR) is 72.5 cm³/mol. The summed E-state index contributed by atoms with van der Waals surface area (Å²) in [4.78, 5) is 0. The van der Waals surface area contributed by atoms with E-state index in [1.807, 2.05) is 24.3 Å². The molecule has 2 unspecified atom stereocenters. The van der Waals surface area contributed by atoms with E-state index in [2.05, 4.69) is 23.5 Å². The molecule has 18 heavy (non-hydrogen) atoms. The zero-order valence-corrected chi connectivity index (χ0v) is 10.6. The molecule has 0 fully saturated rings. The molecule has 1 aromatic carbocycles. The summed E-state index contributed by atoms with van der Waals surface area (Å²) in [6.45, 7) is 0. The van der Waals surface area contributed by atoms with E-state index >= 15 is 0 Å². The van der Waals surface area contributed by atoms with Gasteiger partial charge in [-0.05, 0) is 37.3 Å². The summed E-state index contributed by atoms with van der Waals surface area (Å²) in [7, 11) is 1.64. The van der Waals surface area contributed by atoms with Crippen LogP contribution in [0.3, 0.4) is 0 Å². The topological polar surface area (TPSA) is 45.0 Å². The maximum absolute atomic E-state index is 9.33. The lowest BCUT2D eigenvalue weighted by Crippen LogP contribution is -2.28. The Balaban J connectivity index is 2.10. The third kappa shape index (κ3) is 2.84. The van der Waals surface area contributed by atoms with Crippen molar-refractivity contribution in [3.63, 3.8) is 0 Å². The van der Waals surface area contributed by atoms with Gasteiger partial charge in [-0.15, -0.1) is 0 Å². The molecule has 2 atom stereocenters. The van der Waals surface area contributed by atoms with Crippen molar-refractivity contribution in [2.24, 2.45) is 5.92 Å². The van der Waals surface area contributed by atoms with Gasteiger partial charge in [0.25, 0.3) is 0 Å². The van der Waals surface area contributed by atoms with Gasteiger partial charge in [0.2, 0.25) is 0 Å². The molecule has 0 amide bonds. The average molecular weight is 242 g/mol. The number of anilines is 1. The van der Waals surface area contributed by atoms with Crippen LogP contribution >= 0.6 is 0 Å². The van der Waals surface area contributed by atoms with E-state index in [9.17, 15) is 5.26 Å². The number of methoxy groups -OCH3 is 1. The maximum atomic E-state index is 9.33. The Morgan fingerprint density at radius 3 is 2.89 bits per heavy atom. The molecule has 0 aromatic heterocycles. The quantitative estimate of drug-likeness (QED) is 0.823. The monoisotopic (exact) mass is 242 g/mol. The van der Waals surface area contributed by atoms with Crippen LogP contribution in [0.2, 0.25) is 0 Å². The third-order valence-electron chi connectivity index (χ3n) is 3.34. The fourth-order valence-corrected chi connectivity index (χ4v) is 2.31. The lowest BCUT2D eigenvalue weighted by atomic mass is 9.88. The van der Waals surface area contributed by atoms with Gasteiger partial charge in [0.15, 0.2) is 0 Å². The Morgan fingerprint density at radius 1 is 1.39 bits per heavy atom. The predicted octanol–water partition coefficient (Wildman–Crippen LogP) is 3.36. The Morgan fingerprint density at radius 2 is 2.22 bits per heavy atom. The Hall–Kier alpha value is -1.95. The fraction of sp³-hybridized carbons (Fsp3) is 0.400. The van der Waals surface area contributed by atoms with Crippen molar-refractivity contribution in [3.05, 3.63) is 36.4 Å². The van der Waals surface area contributed by atoms with Gasteiger partial charge in [0.1, 0.15) is 11.8 Å². The summed E-state index contributed by atoms with van der Waals surface area (Å²) in [6, 6.07) is 9.93. The van der Waals surface area contributed by atoms with Crippen LogP contribution in [0.1, 0.15) is 19.3 Å². The summed E-state index contributed by atoms with van der Waals surface area (Å²) in [6.07, 6.45) is 7.46. The fourth-order valence-electron chi connectivity index (χ4n) is 2.31. The molecule has 0 saturated carbocycles. The SMILES string of the molecule is COc1ccccc1NC(C#N)C1CC=CCC1. The number of benzene rings is 1. The Bertz CT molecular complexity index is 462. The van der Waals surface area contributed by atoms with Crippen molar-refractivity contribution >= 4 is 5.69 Å². The summed E-state index contributed by atoms with van der Waals surface area (Å²) >= 11 is 0. The average Bonchev–Trinajstić information content (AvgIpc) is 2.46. The van der Waals surface area contributed by atoms with Gasteiger partial charge in [0.05, 0.1) is 18.9 Å². The molecule has 0 spiro atoms. The van der Waals surface area contributed by atoms with Gasteiger partial charge in [0, 0.05) is 0 Å². The van der Waals surface area contributed by atoms with Crippen LogP contribution < -0.4 is 10.1 Å². The summed E-state index contributed by atoms with van der Waals surface area (Å²) in [5.41, 5.74) is 0.890. The zero-order valence-electron chi connectivity index (χ0n) is 10.6. The minimum atomic E-state index is -0.161. The van der Waals surface area contributed by atoms with E-state index in [-0.39, 0.29) is 6.04 Å². The van der Waals surface area contributed by atoms with Crippen LogP contribution in [0, 0.1) is 17.2 Å². The number of hydrogen-bond acceptors (Lipinski definition) is 3. The zero-order chi connectivity index (χ0) is 12.8. The normalized spacial score (nSPS) is 19.9. The minimum Gasteiger partial charge on any atom is -0.495 e. The lowest BCUT2D eigenvalue weighted by molar-refractivity contribution is 0.413. The Kier molecular flexibility index (Phi) is 4.25. The van der Waals surface area contributed by atoms with Crippen molar-refractivity contribution in [1.29, 1.82) is 5.26 Å². The largest absolute Gasteiger partial charge is 0.495 e. The molecule has 1 aliphatic carbocycles. The minimum absolute atomic E-state index is 0.161. The van der Waals surface area contributed by atoms with E-state index in [4.69, 9.17) is 4.74 Å². The number of hydrogen-bond donors (Lipinski definition) is 1. The molecule has 3 nitrogen and oxygen atoms in total. The van der Waals surface area contributed by atoms with E-state index in [1.54, 1.807) is 7.11 Å². The van der Waals surface area contributed by atoms with Crippen molar-refractivity contribution in [2.75, 3.05) is 12.4 Å². The van der Waals surface area contributed by atoms with Crippen molar-refractivity contribution in [1.82, 2.24) is 0 Å². The molecule has 0 radical (unpaired) electrons. The molecule has 1 aromatic rings. The molecule has 1 N–H and O–H groups in total. The molecular formula is C15H18N2O. The number of allylic oxidation sites excluding steroid dienone is 2. The number of nitrogens with one attached hydrogen (secondary N) is 1. The van der Waals surface area contributed by atoms with Gasteiger partial charge in [-0.2, -0.15) is 5.26 Å². The van der Waals surface area contributed by atoms with Crippen LogP contribution in [0.4, 0.5) is 5.69 Å². The number of nitrogens with zero attached hydrogens (tertiary/aromatic N) is 1. The van der Waals surface area contributed by atoms with Crippen molar-refractivity contribution in [2.45, 2.75) is 25.3 Å². The van der Waals surface area contributed by atoms with Crippen LogP contribution in [0.5, 0.6) is 5.75 Å². The van der Waals surface area contributed by atoms with Gasteiger partial charge < -0.3 is 10.1 Å². The molecule has 0 saturated heterocycles. The first kappa shape index (κ1) is 12.5. The van der Waals surface area contributed by atoms with Crippen LogP contribution in [-0.4, -0.2) is 13.2 Å². The highest BCUT2D eigenvalue weighted by Gasteiger charge is 2.22. The molecule has 2 rings (SSSR count). The van der Waals surface area contributed by atoms with E-state index in [1.165, 1.54) is 0 Å². The van der Waals surface area contributed by atoms with Gasteiger partial charge >= 0.3 is 0 Å². The number of rotatable bonds is 4. The lowest BCUT2D eigenvalue weighted by Gasteiger charge is -2.25. The van der Waals surface area contributed by atoms with Gasteiger partial charge in [-0.1, -0.05) is 24.3 Å². The maximum Gasteiger partial charge on any atom is 0.141 e. The molecule has 94 valence electrons. The molecule has 0 aliphatic heterocycles. The van der Waals surface area contributed by atoms with Crippen molar-refractivity contribution < 1.29 is 4.74 Å². The van der Waals surface area contributed by atoms with Gasteiger partial charge in [-0.3, -0.25) is 0 Å². The molecule has 1 aliphatic rings. The van der Waals surface area contributed by atoms with Crippen LogP contribution in [0.15, 0.2) is 36.4 Å². The second kappa shape index (κ2) is 6.11. The van der Waals surface area contributed by atoms with Gasteiger partial charge in [-0.25, -0.2) is 0 Å². The summed E-state index contributed by atoms with van der Waals surface area (Å²) < 4.78 is 5.29. The number of ether oxygens (including phenoxy) is 1. The summed E-state index contributed by atoms with van der Waals surface area (Å²) in [5.74, 6) is 1.16. The van der Waals surface area contributed by atoms with Crippen LogP contribution in [0.25, 0.3) is 0 Å². The van der Waals surface area contributed by atoms with Crippen molar-refractivity contribution in [3.8, 4) is 11.8 Å². The highest BCUT2D eigenvalue weighted by molar-refractivity contribution is 5.57. The molecular weight excluding hydrogens is 224 g/mol. The first-order valence-corrected chi connectivity index (χ1v) is 6.29. The highest BCUT2D eigenvalue weighted by Crippen LogP contribution is 2.28. The second-order valence-electron chi connectivity index (χ2n) is 4.50. The highest BCUT2D eigenvalue weighted by atomic mass is 16.5. The van der Waals surface area contributed by atoms with E-state index in [0.29, 0.717) is 5.92 Å². The number of nitriles is 1.